The molecule has 2 aromatic rings. The van der Waals surface area contributed by atoms with Crippen LogP contribution in [0.2, 0.25) is 0 Å². The Morgan fingerprint density at radius 2 is 2.10 bits per heavy atom. The predicted octanol–water partition coefficient (Wildman–Crippen LogP) is 3.78. The molecule has 0 aliphatic carbocycles. The summed E-state index contributed by atoms with van der Waals surface area (Å²) in [5, 5.41) is 4.52. The highest BCUT2D eigenvalue weighted by atomic mass is 16.5. The third-order valence-electron chi connectivity index (χ3n) is 3.45. The van der Waals surface area contributed by atoms with Gasteiger partial charge < -0.3 is 10.1 Å². The SMILES string of the molecule is CCNC(C)CCCCOc1cccc2ncccc12. The molecule has 0 amide bonds. The quantitative estimate of drug-likeness (QED) is 0.743. The summed E-state index contributed by atoms with van der Waals surface area (Å²) in [6.07, 6.45) is 5.30. The Bertz CT molecular complexity index is 522. The standard InChI is InChI=1S/C17H24N2O/c1-3-18-14(2)8-4-5-13-20-17-11-6-10-16-15(17)9-7-12-19-16/h6-7,9-12,14,18H,3-5,8,13H2,1-2H3. The highest BCUT2D eigenvalue weighted by molar-refractivity contribution is 5.84. The number of fused-ring (bicyclic) bond motifs is 1. The Labute approximate surface area is 121 Å². The van der Waals surface area contributed by atoms with Crippen LogP contribution < -0.4 is 10.1 Å². The Balaban J connectivity index is 1.79. The number of rotatable bonds is 8. The fourth-order valence-electron chi connectivity index (χ4n) is 2.39. The largest absolute Gasteiger partial charge is 0.493 e. The molecule has 0 spiro atoms. The molecule has 0 saturated carbocycles. The molecule has 0 bridgehead atoms. The zero-order chi connectivity index (χ0) is 14.2. The number of hydrogen-bond acceptors (Lipinski definition) is 3. The molecule has 20 heavy (non-hydrogen) atoms. The van der Waals surface area contributed by atoms with E-state index in [-0.39, 0.29) is 0 Å². The zero-order valence-electron chi connectivity index (χ0n) is 12.4. The summed E-state index contributed by atoms with van der Waals surface area (Å²) >= 11 is 0. The molecule has 1 aromatic heterocycles. The Morgan fingerprint density at radius 1 is 1.20 bits per heavy atom. The fourth-order valence-corrected chi connectivity index (χ4v) is 2.39. The van der Waals surface area contributed by atoms with Crippen LogP contribution in [0.4, 0.5) is 0 Å². The molecule has 0 saturated heterocycles. The van der Waals surface area contributed by atoms with E-state index in [1.54, 1.807) is 0 Å². The lowest BCUT2D eigenvalue weighted by atomic mass is 10.1. The van der Waals surface area contributed by atoms with Crippen LogP contribution >= 0.6 is 0 Å². The van der Waals surface area contributed by atoms with Crippen molar-refractivity contribution in [2.24, 2.45) is 0 Å². The molecule has 3 heteroatoms. The highest BCUT2D eigenvalue weighted by Gasteiger charge is 2.03. The molecular weight excluding hydrogens is 248 g/mol. The van der Waals surface area contributed by atoms with Crippen LogP contribution in [0.5, 0.6) is 5.75 Å². The Hall–Kier alpha value is -1.61. The van der Waals surface area contributed by atoms with Crippen molar-refractivity contribution in [3.8, 4) is 5.75 Å². The fraction of sp³-hybridized carbons (Fsp3) is 0.471. The number of unbranched alkanes of at least 4 members (excludes halogenated alkanes) is 1. The maximum absolute atomic E-state index is 5.90. The van der Waals surface area contributed by atoms with Crippen LogP contribution in [0.3, 0.4) is 0 Å². The average Bonchev–Trinajstić information content (AvgIpc) is 2.47. The van der Waals surface area contributed by atoms with Crippen molar-refractivity contribution in [2.45, 2.75) is 39.2 Å². The molecule has 1 atom stereocenters. The first-order chi connectivity index (χ1) is 9.81. The number of nitrogens with one attached hydrogen (secondary N) is 1. The minimum Gasteiger partial charge on any atom is -0.493 e. The number of nitrogens with zero attached hydrogens (tertiary/aromatic N) is 1. The van der Waals surface area contributed by atoms with Gasteiger partial charge >= 0.3 is 0 Å². The maximum Gasteiger partial charge on any atom is 0.128 e. The lowest BCUT2D eigenvalue weighted by Gasteiger charge is -2.12. The minimum absolute atomic E-state index is 0.599. The van der Waals surface area contributed by atoms with Gasteiger partial charge in [-0.1, -0.05) is 13.0 Å². The molecule has 1 unspecified atom stereocenters. The van der Waals surface area contributed by atoms with E-state index in [2.05, 4.69) is 30.2 Å². The second-order valence-electron chi connectivity index (χ2n) is 5.13. The summed E-state index contributed by atoms with van der Waals surface area (Å²) in [5.41, 5.74) is 0.991. The van der Waals surface area contributed by atoms with Crippen LogP contribution in [0, 0.1) is 0 Å². The van der Waals surface area contributed by atoms with Crippen molar-refractivity contribution in [1.29, 1.82) is 0 Å². The summed E-state index contributed by atoms with van der Waals surface area (Å²) < 4.78 is 5.90. The van der Waals surface area contributed by atoms with E-state index >= 15 is 0 Å². The van der Waals surface area contributed by atoms with Crippen molar-refractivity contribution < 1.29 is 4.74 Å². The van der Waals surface area contributed by atoms with Gasteiger partial charge in [0, 0.05) is 17.6 Å². The van der Waals surface area contributed by atoms with Crippen LogP contribution in [0.15, 0.2) is 36.5 Å². The Morgan fingerprint density at radius 3 is 2.95 bits per heavy atom. The first-order valence-electron chi connectivity index (χ1n) is 7.51. The van der Waals surface area contributed by atoms with Crippen molar-refractivity contribution in [2.75, 3.05) is 13.2 Å². The molecule has 2 rings (SSSR count). The predicted molar refractivity (Wildman–Crippen MR) is 84.2 cm³/mol. The van der Waals surface area contributed by atoms with Gasteiger partial charge in [0.1, 0.15) is 5.75 Å². The van der Waals surface area contributed by atoms with Gasteiger partial charge in [-0.25, -0.2) is 0 Å². The van der Waals surface area contributed by atoms with Gasteiger partial charge in [0.25, 0.3) is 0 Å². The molecule has 108 valence electrons. The van der Waals surface area contributed by atoms with Crippen molar-refractivity contribution in [3.05, 3.63) is 36.5 Å². The van der Waals surface area contributed by atoms with E-state index in [1.807, 2.05) is 30.5 Å². The summed E-state index contributed by atoms with van der Waals surface area (Å²) in [6.45, 7) is 6.20. The molecule has 0 aliphatic heterocycles. The van der Waals surface area contributed by atoms with E-state index in [0.717, 1.165) is 36.2 Å². The van der Waals surface area contributed by atoms with E-state index < -0.39 is 0 Å². The van der Waals surface area contributed by atoms with Crippen molar-refractivity contribution in [1.82, 2.24) is 10.3 Å². The molecule has 3 nitrogen and oxygen atoms in total. The van der Waals surface area contributed by atoms with Gasteiger partial charge in [-0.15, -0.1) is 0 Å². The third kappa shape index (κ3) is 4.20. The second-order valence-corrected chi connectivity index (χ2v) is 5.13. The van der Waals surface area contributed by atoms with E-state index in [1.165, 1.54) is 12.8 Å². The minimum atomic E-state index is 0.599. The van der Waals surface area contributed by atoms with Crippen LogP contribution in [0.1, 0.15) is 33.1 Å². The Kier molecular flexibility index (Phi) is 5.81. The number of benzene rings is 1. The molecule has 1 aromatic carbocycles. The number of ether oxygens (including phenoxy) is 1. The zero-order valence-corrected chi connectivity index (χ0v) is 12.4. The van der Waals surface area contributed by atoms with Gasteiger partial charge in [0.2, 0.25) is 0 Å². The normalized spacial score (nSPS) is 12.5. The monoisotopic (exact) mass is 272 g/mol. The number of pyridine rings is 1. The maximum atomic E-state index is 5.90. The summed E-state index contributed by atoms with van der Waals surface area (Å²) in [5.74, 6) is 0.940. The van der Waals surface area contributed by atoms with Crippen molar-refractivity contribution in [3.63, 3.8) is 0 Å². The van der Waals surface area contributed by atoms with Gasteiger partial charge in [0.05, 0.1) is 12.1 Å². The first-order valence-corrected chi connectivity index (χ1v) is 7.51. The van der Waals surface area contributed by atoms with Crippen LogP contribution in [-0.2, 0) is 0 Å². The van der Waals surface area contributed by atoms with E-state index in [0.29, 0.717) is 6.04 Å². The van der Waals surface area contributed by atoms with Gasteiger partial charge in [0.15, 0.2) is 0 Å². The molecule has 1 N–H and O–H groups in total. The van der Waals surface area contributed by atoms with Crippen LogP contribution in [-0.4, -0.2) is 24.2 Å². The summed E-state index contributed by atoms with van der Waals surface area (Å²) in [6, 6.07) is 10.6. The lowest BCUT2D eigenvalue weighted by molar-refractivity contribution is 0.305. The topological polar surface area (TPSA) is 34.1 Å². The molecule has 0 radical (unpaired) electrons. The summed E-state index contributed by atoms with van der Waals surface area (Å²) in [7, 11) is 0. The van der Waals surface area contributed by atoms with Crippen LogP contribution in [0.25, 0.3) is 10.9 Å². The van der Waals surface area contributed by atoms with Gasteiger partial charge in [-0.3, -0.25) is 4.98 Å². The highest BCUT2D eigenvalue weighted by Crippen LogP contribution is 2.23. The third-order valence-corrected chi connectivity index (χ3v) is 3.45. The number of hydrogen-bond donors (Lipinski definition) is 1. The van der Waals surface area contributed by atoms with E-state index in [4.69, 9.17) is 4.74 Å². The molecular formula is C17H24N2O. The smallest absolute Gasteiger partial charge is 0.128 e. The van der Waals surface area contributed by atoms with Crippen molar-refractivity contribution >= 4 is 10.9 Å². The first kappa shape index (κ1) is 14.8. The average molecular weight is 272 g/mol. The number of aromatic nitrogens is 1. The molecule has 1 heterocycles. The van der Waals surface area contributed by atoms with Gasteiger partial charge in [-0.2, -0.15) is 0 Å². The summed E-state index contributed by atoms with van der Waals surface area (Å²) in [4.78, 5) is 4.34. The lowest BCUT2D eigenvalue weighted by Crippen LogP contribution is -2.25. The molecule has 0 fully saturated rings. The second kappa shape index (κ2) is 7.85. The molecule has 0 aliphatic rings. The van der Waals surface area contributed by atoms with Gasteiger partial charge in [-0.05, 0) is 57.0 Å². The van der Waals surface area contributed by atoms with E-state index in [9.17, 15) is 0 Å².